The molecule has 0 bridgehead atoms. The molecule has 1 heterocycles. The van der Waals surface area contributed by atoms with Crippen LogP contribution in [0.5, 0.6) is 0 Å². The molecule has 0 aliphatic carbocycles. The zero-order valence-electron chi connectivity index (χ0n) is 9.93. The molecular weight excluding hydrogens is 242 g/mol. The van der Waals surface area contributed by atoms with Crippen molar-refractivity contribution in [3.63, 3.8) is 0 Å². The molecule has 0 aromatic carbocycles. The van der Waals surface area contributed by atoms with Crippen LogP contribution in [0.2, 0.25) is 0 Å². The second kappa shape index (κ2) is 5.99. The number of carbonyl (C=O) groups is 4. The van der Waals surface area contributed by atoms with Crippen LogP contribution >= 0.6 is 0 Å². The second-order valence-corrected chi connectivity index (χ2v) is 3.91. The Morgan fingerprint density at radius 1 is 1.44 bits per heavy atom. The number of imide groups is 1. The number of aliphatic carboxylic acids is 1. The number of nitrogens with one attached hydrogen (secondary N) is 2. The summed E-state index contributed by atoms with van der Waals surface area (Å²) < 4.78 is 0. The lowest BCUT2D eigenvalue weighted by Crippen LogP contribution is -2.58. The highest BCUT2D eigenvalue weighted by Gasteiger charge is 2.29. The van der Waals surface area contributed by atoms with Gasteiger partial charge in [0.1, 0.15) is 6.04 Å². The highest BCUT2D eigenvalue weighted by molar-refractivity contribution is 5.97. The SMILES string of the molecule is CC1C(=O)NCCN1C(=O)NC(=O)CCC(=O)O. The van der Waals surface area contributed by atoms with E-state index in [0.29, 0.717) is 13.1 Å². The van der Waals surface area contributed by atoms with E-state index in [1.54, 1.807) is 6.92 Å². The number of carboxylic acid groups (broad SMARTS) is 1. The van der Waals surface area contributed by atoms with Gasteiger partial charge < -0.3 is 15.3 Å². The number of rotatable bonds is 3. The lowest BCUT2D eigenvalue weighted by atomic mass is 10.2. The summed E-state index contributed by atoms with van der Waals surface area (Å²) in [5.41, 5.74) is 0. The van der Waals surface area contributed by atoms with Gasteiger partial charge in [-0.15, -0.1) is 0 Å². The van der Waals surface area contributed by atoms with Gasteiger partial charge in [0.25, 0.3) is 0 Å². The smallest absolute Gasteiger partial charge is 0.324 e. The third-order valence-corrected chi connectivity index (χ3v) is 2.57. The fraction of sp³-hybridized carbons (Fsp3) is 0.600. The van der Waals surface area contributed by atoms with E-state index in [-0.39, 0.29) is 18.7 Å². The van der Waals surface area contributed by atoms with Crippen LogP contribution in [-0.4, -0.2) is 53.0 Å². The van der Waals surface area contributed by atoms with Crippen LogP contribution in [0.25, 0.3) is 0 Å². The Labute approximate surface area is 103 Å². The lowest BCUT2D eigenvalue weighted by Gasteiger charge is -2.32. The van der Waals surface area contributed by atoms with Gasteiger partial charge in [0.05, 0.1) is 6.42 Å². The molecule has 1 saturated heterocycles. The molecule has 0 aromatic rings. The van der Waals surface area contributed by atoms with E-state index in [1.165, 1.54) is 4.90 Å². The number of hydrogen-bond donors (Lipinski definition) is 3. The number of hydrogen-bond acceptors (Lipinski definition) is 4. The molecule has 4 amide bonds. The van der Waals surface area contributed by atoms with Crippen molar-refractivity contribution in [1.82, 2.24) is 15.5 Å². The molecule has 1 aliphatic rings. The predicted molar refractivity (Wildman–Crippen MR) is 59.6 cm³/mol. The van der Waals surface area contributed by atoms with Crippen LogP contribution in [0.1, 0.15) is 19.8 Å². The quantitative estimate of drug-likeness (QED) is 0.594. The van der Waals surface area contributed by atoms with Crippen molar-refractivity contribution < 1.29 is 24.3 Å². The zero-order chi connectivity index (χ0) is 13.7. The molecule has 8 nitrogen and oxygen atoms in total. The van der Waals surface area contributed by atoms with Gasteiger partial charge in [0, 0.05) is 19.5 Å². The maximum atomic E-state index is 11.7. The average Bonchev–Trinajstić information content (AvgIpc) is 2.30. The van der Waals surface area contributed by atoms with Crippen molar-refractivity contribution in [2.75, 3.05) is 13.1 Å². The van der Waals surface area contributed by atoms with Crippen LogP contribution in [0, 0.1) is 0 Å². The minimum atomic E-state index is -1.11. The van der Waals surface area contributed by atoms with Gasteiger partial charge in [-0.2, -0.15) is 0 Å². The Bertz CT molecular complexity index is 382. The first-order valence-corrected chi connectivity index (χ1v) is 5.51. The summed E-state index contributed by atoms with van der Waals surface area (Å²) >= 11 is 0. The summed E-state index contributed by atoms with van der Waals surface area (Å²) in [6.07, 6.45) is -0.607. The predicted octanol–water partition coefficient (Wildman–Crippen LogP) is -1.09. The largest absolute Gasteiger partial charge is 0.481 e. The van der Waals surface area contributed by atoms with Crippen molar-refractivity contribution >= 4 is 23.8 Å². The van der Waals surface area contributed by atoms with Gasteiger partial charge in [-0.05, 0) is 6.92 Å². The number of piperazine rings is 1. The van der Waals surface area contributed by atoms with Crippen molar-refractivity contribution in [2.24, 2.45) is 0 Å². The Kier molecular flexibility index (Phi) is 4.64. The first-order chi connectivity index (χ1) is 8.41. The Morgan fingerprint density at radius 2 is 2.11 bits per heavy atom. The minimum Gasteiger partial charge on any atom is -0.481 e. The van der Waals surface area contributed by atoms with Gasteiger partial charge in [-0.25, -0.2) is 4.79 Å². The third kappa shape index (κ3) is 3.72. The van der Waals surface area contributed by atoms with Crippen molar-refractivity contribution in [2.45, 2.75) is 25.8 Å². The molecular formula is C10H15N3O5. The van der Waals surface area contributed by atoms with E-state index in [4.69, 9.17) is 5.11 Å². The Hall–Kier alpha value is -2.12. The number of carbonyl (C=O) groups excluding carboxylic acids is 3. The van der Waals surface area contributed by atoms with Crippen LogP contribution < -0.4 is 10.6 Å². The molecule has 1 atom stereocenters. The normalized spacial score (nSPS) is 19.1. The minimum absolute atomic E-state index is 0.268. The molecule has 0 radical (unpaired) electrons. The van der Waals surface area contributed by atoms with E-state index in [1.807, 2.05) is 0 Å². The van der Waals surface area contributed by atoms with E-state index < -0.39 is 23.9 Å². The maximum absolute atomic E-state index is 11.7. The average molecular weight is 257 g/mol. The van der Waals surface area contributed by atoms with E-state index in [0.717, 1.165) is 0 Å². The molecule has 8 heteroatoms. The summed E-state index contributed by atoms with van der Waals surface area (Å²) in [6.45, 7) is 2.20. The van der Waals surface area contributed by atoms with Gasteiger partial charge in [-0.3, -0.25) is 19.7 Å². The third-order valence-electron chi connectivity index (χ3n) is 2.57. The Morgan fingerprint density at radius 3 is 2.72 bits per heavy atom. The first-order valence-electron chi connectivity index (χ1n) is 5.51. The summed E-state index contributed by atoms with van der Waals surface area (Å²) in [4.78, 5) is 45.7. The molecule has 1 rings (SSSR count). The van der Waals surface area contributed by atoms with E-state index >= 15 is 0 Å². The molecule has 1 fully saturated rings. The summed E-state index contributed by atoms with van der Waals surface area (Å²) in [5.74, 6) is -2.06. The summed E-state index contributed by atoms with van der Waals surface area (Å²) in [6, 6.07) is -1.32. The van der Waals surface area contributed by atoms with Crippen molar-refractivity contribution in [3.05, 3.63) is 0 Å². The van der Waals surface area contributed by atoms with Gasteiger partial charge in [0.2, 0.25) is 11.8 Å². The number of carboxylic acids is 1. The molecule has 0 saturated carbocycles. The molecule has 0 aromatic heterocycles. The number of nitrogens with zero attached hydrogens (tertiary/aromatic N) is 1. The van der Waals surface area contributed by atoms with Crippen LogP contribution in [0.3, 0.4) is 0 Å². The first kappa shape index (κ1) is 13.9. The van der Waals surface area contributed by atoms with Gasteiger partial charge in [-0.1, -0.05) is 0 Å². The summed E-state index contributed by atoms with van der Waals surface area (Å²) in [7, 11) is 0. The fourth-order valence-electron chi connectivity index (χ4n) is 1.53. The number of urea groups is 1. The topological polar surface area (TPSA) is 116 Å². The number of amides is 4. The highest BCUT2D eigenvalue weighted by Crippen LogP contribution is 2.04. The Balaban J connectivity index is 2.46. The van der Waals surface area contributed by atoms with Crippen molar-refractivity contribution in [3.8, 4) is 0 Å². The highest BCUT2D eigenvalue weighted by atomic mass is 16.4. The van der Waals surface area contributed by atoms with Crippen molar-refractivity contribution in [1.29, 1.82) is 0 Å². The van der Waals surface area contributed by atoms with Gasteiger partial charge >= 0.3 is 12.0 Å². The van der Waals surface area contributed by atoms with Crippen LogP contribution in [-0.2, 0) is 14.4 Å². The molecule has 18 heavy (non-hydrogen) atoms. The fourth-order valence-corrected chi connectivity index (χ4v) is 1.53. The molecule has 3 N–H and O–H groups in total. The zero-order valence-corrected chi connectivity index (χ0v) is 9.93. The summed E-state index contributed by atoms with van der Waals surface area (Å²) in [5, 5.41) is 13.0. The molecule has 1 aliphatic heterocycles. The van der Waals surface area contributed by atoms with Crippen LogP contribution in [0.4, 0.5) is 4.79 Å². The van der Waals surface area contributed by atoms with E-state index in [9.17, 15) is 19.2 Å². The van der Waals surface area contributed by atoms with Gasteiger partial charge in [0.15, 0.2) is 0 Å². The standard InChI is InChI=1S/C10H15N3O5/c1-6-9(17)11-4-5-13(6)10(18)12-7(14)2-3-8(15)16/h6H,2-5H2,1H3,(H,11,17)(H,15,16)(H,12,14,18). The molecule has 100 valence electrons. The second-order valence-electron chi connectivity index (χ2n) is 3.91. The lowest BCUT2D eigenvalue weighted by molar-refractivity contribution is -0.138. The monoisotopic (exact) mass is 257 g/mol. The molecule has 0 spiro atoms. The van der Waals surface area contributed by atoms with Crippen LogP contribution in [0.15, 0.2) is 0 Å². The molecule has 1 unspecified atom stereocenters. The van der Waals surface area contributed by atoms with E-state index in [2.05, 4.69) is 10.6 Å². The maximum Gasteiger partial charge on any atom is 0.324 e.